The van der Waals surface area contributed by atoms with Crippen molar-refractivity contribution in [3.05, 3.63) is 144 Å². The molecule has 4 aromatic carbocycles. The zero-order chi connectivity index (χ0) is 35.5. The predicted octanol–water partition coefficient (Wildman–Crippen LogP) is 9.49. The van der Waals surface area contributed by atoms with Crippen LogP contribution in [-0.2, 0) is 11.3 Å². The molecule has 2 atom stereocenters. The fourth-order valence-corrected chi connectivity index (χ4v) is 7.70. The molecular formula is C43H41N5O2S. The van der Waals surface area contributed by atoms with E-state index in [2.05, 4.69) is 110 Å². The van der Waals surface area contributed by atoms with E-state index in [-0.39, 0.29) is 6.10 Å². The van der Waals surface area contributed by atoms with Gasteiger partial charge < -0.3 is 14.5 Å². The fraction of sp³-hybridized carbons (Fsp3) is 0.209. The van der Waals surface area contributed by atoms with Crippen LogP contribution in [0, 0.1) is 12.8 Å². The van der Waals surface area contributed by atoms with Crippen LogP contribution in [0.2, 0.25) is 0 Å². The lowest BCUT2D eigenvalue weighted by Gasteiger charge is -2.26. The normalized spacial score (nSPS) is 15.7. The molecule has 0 N–H and O–H groups in total. The Hall–Kier alpha value is -5.60. The standard InChI is InChI=1S/C43H41N5O2S/c1-6-41(49)46-42-37-10-8-7-9-34(37)27-48-26-33(16-22-40(48)45-42)31-14-19-36(20-15-31)50-30(4)23-29(3)25-47(5)35-17-12-32(13-18-35)43-44-38-21-11-28(2)24-39(38)51-43/h6-22,24,26,29-30H,1,23,25,27H2,2-5H3/b46-42-. The van der Waals surface area contributed by atoms with Gasteiger partial charge in [0.05, 0.1) is 16.3 Å². The van der Waals surface area contributed by atoms with E-state index in [9.17, 15) is 4.79 Å². The maximum absolute atomic E-state index is 12.1. The minimum Gasteiger partial charge on any atom is -0.491 e. The number of aryl methyl sites for hydroxylation is 1. The summed E-state index contributed by atoms with van der Waals surface area (Å²) in [6, 6.07) is 31.3. The van der Waals surface area contributed by atoms with Crippen molar-refractivity contribution in [3.8, 4) is 16.3 Å². The molecule has 1 aromatic heterocycles. The largest absolute Gasteiger partial charge is 0.491 e. The van der Waals surface area contributed by atoms with Gasteiger partial charge in [0.1, 0.15) is 16.6 Å². The van der Waals surface area contributed by atoms with Crippen LogP contribution in [-0.4, -0.2) is 47.2 Å². The number of hydrogen-bond donors (Lipinski definition) is 0. The lowest BCUT2D eigenvalue weighted by atomic mass is 10.0. The smallest absolute Gasteiger partial charge is 0.271 e. The van der Waals surface area contributed by atoms with E-state index >= 15 is 0 Å². The van der Waals surface area contributed by atoms with Crippen molar-refractivity contribution in [1.29, 1.82) is 0 Å². The van der Waals surface area contributed by atoms with Gasteiger partial charge in [0, 0.05) is 43.2 Å². The zero-order valence-electron chi connectivity index (χ0n) is 29.4. The van der Waals surface area contributed by atoms with Gasteiger partial charge in [-0.05, 0) is 115 Å². The van der Waals surface area contributed by atoms with Crippen LogP contribution < -0.4 is 9.64 Å². The molecule has 0 radical (unpaired) electrons. The molecule has 0 fully saturated rings. The minimum absolute atomic E-state index is 0.0675. The number of ether oxygens (including phenoxy) is 1. The summed E-state index contributed by atoms with van der Waals surface area (Å²) >= 11 is 1.74. The van der Waals surface area contributed by atoms with Gasteiger partial charge in [-0.1, -0.05) is 56.0 Å². The number of fused-ring (bicyclic) bond motifs is 3. The number of nitrogens with zero attached hydrogens (tertiary/aromatic N) is 5. The molecule has 0 saturated heterocycles. The molecule has 5 aromatic rings. The number of rotatable bonds is 10. The van der Waals surface area contributed by atoms with E-state index in [0.29, 0.717) is 18.3 Å². The van der Waals surface area contributed by atoms with E-state index in [1.165, 1.54) is 22.0 Å². The van der Waals surface area contributed by atoms with E-state index < -0.39 is 5.91 Å². The van der Waals surface area contributed by atoms with Gasteiger partial charge in [0.2, 0.25) is 0 Å². The van der Waals surface area contributed by atoms with Crippen LogP contribution in [0.25, 0.3) is 26.4 Å². The SMILES string of the molecule is C=CC(=O)/N=C1\N=C2C=CC(c3ccc(OC(C)CC(C)CN(C)c4ccc(-c5nc6ccc(C)cc6s5)cc4)cc3)=CN2Cc2ccccc21. The van der Waals surface area contributed by atoms with Crippen LogP contribution >= 0.6 is 11.3 Å². The van der Waals surface area contributed by atoms with Crippen molar-refractivity contribution >= 4 is 50.4 Å². The highest BCUT2D eigenvalue weighted by Crippen LogP contribution is 2.32. The average molecular weight is 692 g/mol. The molecule has 2 aliphatic heterocycles. The first-order valence-electron chi connectivity index (χ1n) is 17.3. The van der Waals surface area contributed by atoms with E-state index in [4.69, 9.17) is 14.7 Å². The Balaban J connectivity index is 0.945. The number of allylic oxidation sites excluding steroid dienone is 2. The third-order valence-electron chi connectivity index (χ3n) is 9.15. The first-order chi connectivity index (χ1) is 24.7. The summed E-state index contributed by atoms with van der Waals surface area (Å²) in [6.45, 7) is 11.6. The number of thiazole rings is 1. The molecule has 2 aliphatic rings. The number of anilines is 1. The highest BCUT2D eigenvalue weighted by Gasteiger charge is 2.22. The molecule has 51 heavy (non-hydrogen) atoms. The summed E-state index contributed by atoms with van der Waals surface area (Å²) < 4.78 is 7.59. The molecule has 7 rings (SSSR count). The Labute approximate surface area is 303 Å². The number of carbonyl (C=O) groups excluding carboxylic acids is 1. The van der Waals surface area contributed by atoms with E-state index in [0.717, 1.165) is 62.9 Å². The second-order valence-electron chi connectivity index (χ2n) is 13.4. The monoisotopic (exact) mass is 691 g/mol. The summed E-state index contributed by atoms with van der Waals surface area (Å²) in [5.41, 5.74) is 8.69. The second kappa shape index (κ2) is 14.7. The number of aliphatic imine (C=N–C) groups is 2. The summed E-state index contributed by atoms with van der Waals surface area (Å²) in [4.78, 5) is 30.3. The molecule has 3 heterocycles. The fourth-order valence-electron chi connectivity index (χ4n) is 6.63. The summed E-state index contributed by atoms with van der Waals surface area (Å²) in [7, 11) is 2.15. The molecule has 0 spiro atoms. The Morgan fingerprint density at radius 3 is 2.57 bits per heavy atom. The van der Waals surface area contributed by atoms with Crippen molar-refractivity contribution in [2.45, 2.75) is 39.8 Å². The topological polar surface area (TPSA) is 70.4 Å². The molecule has 8 heteroatoms. The van der Waals surface area contributed by atoms with Crippen molar-refractivity contribution < 1.29 is 9.53 Å². The first kappa shape index (κ1) is 33.9. The number of amidine groups is 2. The van der Waals surface area contributed by atoms with Gasteiger partial charge in [0.25, 0.3) is 5.91 Å². The van der Waals surface area contributed by atoms with Gasteiger partial charge in [-0.25, -0.2) is 9.98 Å². The van der Waals surface area contributed by atoms with Crippen molar-refractivity contribution in [2.24, 2.45) is 15.9 Å². The number of hydrogen-bond acceptors (Lipinski definition) is 6. The lowest BCUT2D eigenvalue weighted by Crippen LogP contribution is -2.27. The molecule has 256 valence electrons. The summed E-state index contributed by atoms with van der Waals surface area (Å²) in [6.07, 6.45) is 8.32. The number of amides is 1. The second-order valence-corrected chi connectivity index (χ2v) is 14.4. The molecule has 2 unspecified atom stereocenters. The van der Waals surface area contributed by atoms with E-state index in [1.54, 1.807) is 11.3 Å². The summed E-state index contributed by atoms with van der Waals surface area (Å²) in [5, 5.41) is 1.06. The van der Waals surface area contributed by atoms with Crippen molar-refractivity contribution in [2.75, 3.05) is 18.5 Å². The van der Waals surface area contributed by atoms with Gasteiger partial charge in [-0.15, -0.1) is 11.3 Å². The Bertz CT molecular complexity index is 2210. The lowest BCUT2D eigenvalue weighted by molar-refractivity contribution is -0.113. The molecule has 0 saturated carbocycles. The third kappa shape index (κ3) is 7.76. The van der Waals surface area contributed by atoms with Gasteiger partial charge in [-0.3, -0.25) is 4.79 Å². The van der Waals surface area contributed by atoms with Crippen LogP contribution in [0.5, 0.6) is 5.75 Å². The van der Waals surface area contributed by atoms with E-state index in [1.807, 2.05) is 48.6 Å². The van der Waals surface area contributed by atoms with Crippen LogP contribution in [0.3, 0.4) is 0 Å². The summed E-state index contributed by atoms with van der Waals surface area (Å²) in [5.74, 6) is 2.01. The maximum atomic E-state index is 12.1. The van der Waals surface area contributed by atoms with Crippen molar-refractivity contribution in [1.82, 2.24) is 9.88 Å². The third-order valence-corrected chi connectivity index (χ3v) is 10.2. The number of benzene rings is 4. The molecule has 0 bridgehead atoms. The predicted molar refractivity (Wildman–Crippen MR) is 212 cm³/mol. The Morgan fingerprint density at radius 1 is 1.02 bits per heavy atom. The molecule has 0 aliphatic carbocycles. The maximum Gasteiger partial charge on any atom is 0.271 e. The zero-order valence-corrected chi connectivity index (χ0v) is 30.2. The quantitative estimate of drug-likeness (QED) is 0.137. The number of carbonyl (C=O) groups is 1. The first-order valence-corrected chi connectivity index (χ1v) is 18.1. The highest BCUT2D eigenvalue weighted by molar-refractivity contribution is 7.21. The highest BCUT2D eigenvalue weighted by atomic mass is 32.1. The van der Waals surface area contributed by atoms with Gasteiger partial charge in [0.15, 0.2) is 5.84 Å². The minimum atomic E-state index is -0.412. The molecular weight excluding hydrogens is 651 g/mol. The number of aromatic nitrogens is 1. The Morgan fingerprint density at radius 2 is 1.78 bits per heavy atom. The van der Waals surface area contributed by atoms with Crippen molar-refractivity contribution in [3.63, 3.8) is 0 Å². The van der Waals surface area contributed by atoms with Gasteiger partial charge in [-0.2, -0.15) is 4.99 Å². The molecule has 7 nitrogen and oxygen atoms in total. The van der Waals surface area contributed by atoms with Crippen LogP contribution in [0.4, 0.5) is 5.69 Å². The average Bonchev–Trinajstić information content (AvgIpc) is 3.48. The van der Waals surface area contributed by atoms with Gasteiger partial charge >= 0.3 is 0 Å². The molecule has 1 amide bonds. The van der Waals surface area contributed by atoms with Crippen LogP contribution in [0.1, 0.15) is 42.5 Å². The van der Waals surface area contributed by atoms with Crippen LogP contribution in [0.15, 0.2) is 132 Å². The Kier molecular flexibility index (Phi) is 9.77.